The first-order valence-corrected chi connectivity index (χ1v) is 7.08. The minimum atomic E-state index is 0.0487. The van der Waals surface area contributed by atoms with Gasteiger partial charge in [0.05, 0.1) is 18.8 Å². The van der Waals surface area contributed by atoms with Crippen molar-refractivity contribution in [1.29, 1.82) is 0 Å². The van der Waals surface area contributed by atoms with Crippen LogP contribution in [0.1, 0.15) is 25.3 Å². The normalized spacial score (nSPS) is 23.3. The lowest BCUT2D eigenvalue weighted by Gasteiger charge is -2.13. The zero-order valence-corrected chi connectivity index (χ0v) is 11.7. The van der Waals surface area contributed by atoms with Gasteiger partial charge in [0.15, 0.2) is 0 Å². The highest BCUT2D eigenvalue weighted by Gasteiger charge is 2.22. The van der Waals surface area contributed by atoms with Gasteiger partial charge in [-0.2, -0.15) is 0 Å². The Kier molecular flexibility index (Phi) is 3.52. The molecular formula is C15H18ClNO2. The number of rotatable bonds is 3. The second-order valence-electron chi connectivity index (χ2n) is 5.27. The van der Waals surface area contributed by atoms with Crippen LogP contribution < -0.4 is 0 Å². The van der Waals surface area contributed by atoms with Crippen molar-refractivity contribution >= 4 is 22.5 Å². The van der Waals surface area contributed by atoms with E-state index in [-0.39, 0.29) is 12.7 Å². The Morgan fingerprint density at radius 3 is 2.95 bits per heavy atom. The number of aromatic nitrogens is 1. The molecule has 2 aromatic rings. The van der Waals surface area contributed by atoms with E-state index < -0.39 is 0 Å². The van der Waals surface area contributed by atoms with Crippen LogP contribution in [0, 0.1) is 0 Å². The van der Waals surface area contributed by atoms with Crippen LogP contribution in [-0.4, -0.2) is 21.9 Å². The minimum Gasteiger partial charge on any atom is -0.392 e. The standard InChI is InChI=1S/C15H18ClNO2/c1-10-2-4-13(19-10)8-17-7-11(9-18)14-5-3-12(16)6-15(14)17/h3,5-7,10,13,18H,2,4,8-9H2,1H3. The first-order valence-electron chi connectivity index (χ1n) is 6.71. The third-order valence-corrected chi connectivity index (χ3v) is 4.05. The first kappa shape index (κ1) is 13.0. The van der Waals surface area contributed by atoms with Crippen LogP contribution in [0.15, 0.2) is 24.4 Å². The lowest BCUT2D eigenvalue weighted by Crippen LogP contribution is -2.15. The summed E-state index contributed by atoms with van der Waals surface area (Å²) < 4.78 is 8.02. The molecule has 102 valence electrons. The number of aliphatic hydroxyl groups excluding tert-OH is 1. The summed E-state index contributed by atoms with van der Waals surface area (Å²) in [6.07, 6.45) is 4.84. The average molecular weight is 280 g/mol. The maximum Gasteiger partial charge on any atom is 0.0758 e. The second kappa shape index (κ2) is 5.16. The van der Waals surface area contributed by atoms with Crippen molar-refractivity contribution in [3.8, 4) is 0 Å². The molecule has 19 heavy (non-hydrogen) atoms. The van der Waals surface area contributed by atoms with E-state index in [1.807, 2.05) is 24.4 Å². The fourth-order valence-corrected chi connectivity index (χ4v) is 3.02. The molecule has 0 bridgehead atoms. The van der Waals surface area contributed by atoms with Crippen molar-refractivity contribution < 1.29 is 9.84 Å². The number of benzene rings is 1. The van der Waals surface area contributed by atoms with Gasteiger partial charge in [0.1, 0.15) is 0 Å². The Bertz CT molecular complexity index is 593. The third kappa shape index (κ3) is 2.50. The molecule has 0 saturated carbocycles. The lowest BCUT2D eigenvalue weighted by atomic mass is 10.2. The number of hydrogen-bond acceptors (Lipinski definition) is 2. The highest BCUT2D eigenvalue weighted by atomic mass is 35.5. The molecule has 0 amide bonds. The summed E-state index contributed by atoms with van der Waals surface area (Å²) in [6, 6.07) is 5.79. The van der Waals surface area contributed by atoms with Gasteiger partial charge in [0, 0.05) is 34.2 Å². The molecule has 0 spiro atoms. The smallest absolute Gasteiger partial charge is 0.0758 e. The van der Waals surface area contributed by atoms with Gasteiger partial charge >= 0.3 is 0 Å². The zero-order chi connectivity index (χ0) is 13.4. The molecule has 1 aliphatic heterocycles. The van der Waals surface area contributed by atoms with Gasteiger partial charge in [0.25, 0.3) is 0 Å². The Hall–Kier alpha value is -1.03. The molecule has 1 fully saturated rings. The van der Waals surface area contributed by atoms with Crippen LogP contribution in [0.25, 0.3) is 10.9 Å². The van der Waals surface area contributed by atoms with E-state index >= 15 is 0 Å². The van der Waals surface area contributed by atoms with Gasteiger partial charge in [-0.15, -0.1) is 0 Å². The molecular weight excluding hydrogens is 262 g/mol. The van der Waals surface area contributed by atoms with Crippen molar-refractivity contribution in [1.82, 2.24) is 4.57 Å². The molecule has 1 aromatic carbocycles. The van der Waals surface area contributed by atoms with Gasteiger partial charge in [-0.05, 0) is 31.9 Å². The molecule has 1 saturated heterocycles. The molecule has 2 atom stereocenters. The number of ether oxygens (including phenoxy) is 1. The average Bonchev–Trinajstić information content (AvgIpc) is 2.94. The summed E-state index contributed by atoms with van der Waals surface area (Å²) in [6.45, 7) is 2.98. The van der Waals surface area contributed by atoms with E-state index in [9.17, 15) is 5.11 Å². The van der Waals surface area contributed by atoms with Crippen LogP contribution in [0.2, 0.25) is 5.02 Å². The molecule has 2 unspecified atom stereocenters. The zero-order valence-electron chi connectivity index (χ0n) is 11.0. The van der Waals surface area contributed by atoms with Gasteiger partial charge < -0.3 is 14.4 Å². The highest BCUT2D eigenvalue weighted by molar-refractivity contribution is 6.31. The summed E-state index contributed by atoms with van der Waals surface area (Å²) in [5.74, 6) is 0. The van der Waals surface area contributed by atoms with E-state index in [1.165, 1.54) is 0 Å². The molecule has 3 rings (SSSR count). The number of aliphatic hydroxyl groups is 1. The van der Waals surface area contributed by atoms with Gasteiger partial charge in [-0.3, -0.25) is 0 Å². The third-order valence-electron chi connectivity index (χ3n) is 3.82. The van der Waals surface area contributed by atoms with Crippen LogP contribution >= 0.6 is 11.6 Å². The van der Waals surface area contributed by atoms with Crippen LogP contribution in [0.4, 0.5) is 0 Å². The van der Waals surface area contributed by atoms with Crippen LogP contribution in [0.5, 0.6) is 0 Å². The molecule has 0 aliphatic carbocycles. The Labute approximate surface area is 117 Å². The largest absolute Gasteiger partial charge is 0.392 e. The predicted octanol–water partition coefficient (Wildman–Crippen LogP) is 3.35. The minimum absolute atomic E-state index is 0.0487. The molecule has 1 aliphatic rings. The number of hydrogen-bond donors (Lipinski definition) is 1. The number of nitrogens with zero attached hydrogens (tertiary/aromatic N) is 1. The predicted molar refractivity (Wildman–Crippen MR) is 76.4 cm³/mol. The van der Waals surface area contributed by atoms with Crippen LogP contribution in [-0.2, 0) is 17.9 Å². The number of fused-ring (bicyclic) bond motifs is 1. The maximum atomic E-state index is 9.44. The first-order chi connectivity index (χ1) is 9.17. The van der Waals surface area contributed by atoms with E-state index in [4.69, 9.17) is 16.3 Å². The summed E-state index contributed by atoms with van der Waals surface area (Å²) in [4.78, 5) is 0. The fraction of sp³-hybridized carbons (Fsp3) is 0.467. The van der Waals surface area contributed by atoms with Crippen molar-refractivity contribution in [3.05, 3.63) is 35.0 Å². The monoisotopic (exact) mass is 279 g/mol. The molecule has 4 heteroatoms. The Balaban J connectivity index is 1.96. The quantitative estimate of drug-likeness (QED) is 0.935. The van der Waals surface area contributed by atoms with E-state index in [0.29, 0.717) is 6.10 Å². The molecule has 1 aromatic heterocycles. The summed E-state index contributed by atoms with van der Waals surface area (Å²) in [5.41, 5.74) is 2.01. The molecule has 1 N–H and O–H groups in total. The second-order valence-corrected chi connectivity index (χ2v) is 5.71. The Morgan fingerprint density at radius 2 is 2.26 bits per heavy atom. The van der Waals surface area contributed by atoms with E-state index in [0.717, 1.165) is 40.9 Å². The van der Waals surface area contributed by atoms with E-state index in [2.05, 4.69) is 11.5 Å². The SMILES string of the molecule is CC1CCC(Cn2cc(CO)c3ccc(Cl)cc32)O1. The molecule has 3 nitrogen and oxygen atoms in total. The van der Waals surface area contributed by atoms with Gasteiger partial charge in [0.2, 0.25) is 0 Å². The van der Waals surface area contributed by atoms with Gasteiger partial charge in [-0.25, -0.2) is 0 Å². The van der Waals surface area contributed by atoms with Crippen molar-refractivity contribution in [2.24, 2.45) is 0 Å². The van der Waals surface area contributed by atoms with E-state index in [1.54, 1.807) is 0 Å². The molecule has 0 radical (unpaired) electrons. The fourth-order valence-electron chi connectivity index (χ4n) is 2.86. The Morgan fingerprint density at radius 1 is 1.42 bits per heavy atom. The van der Waals surface area contributed by atoms with Crippen molar-refractivity contribution in [3.63, 3.8) is 0 Å². The topological polar surface area (TPSA) is 34.4 Å². The summed E-state index contributed by atoms with van der Waals surface area (Å²) >= 11 is 6.08. The highest BCUT2D eigenvalue weighted by Crippen LogP contribution is 2.27. The van der Waals surface area contributed by atoms with Crippen molar-refractivity contribution in [2.45, 2.75) is 45.1 Å². The summed E-state index contributed by atoms with van der Waals surface area (Å²) in [5, 5.41) is 11.2. The number of halogens is 1. The maximum absolute atomic E-state index is 9.44. The van der Waals surface area contributed by atoms with Gasteiger partial charge in [-0.1, -0.05) is 17.7 Å². The van der Waals surface area contributed by atoms with Crippen molar-refractivity contribution in [2.75, 3.05) is 0 Å². The lowest BCUT2D eigenvalue weighted by molar-refractivity contribution is 0.0465. The van der Waals surface area contributed by atoms with Crippen LogP contribution in [0.3, 0.4) is 0 Å². The molecule has 2 heterocycles. The summed E-state index contributed by atoms with van der Waals surface area (Å²) in [7, 11) is 0.